The Morgan fingerprint density at radius 3 is 2.87 bits per heavy atom. The van der Waals surface area contributed by atoms with Gasteiger partial charge in [0.1, 0.15) is 13.2 Å². The molecule has 0 radical (unpaired) electrons. The molecule has 23 heavy (non-hydrogen) atoms. The molecule has 1 amide bonds. The van der Waals surface area contributed by atoms with Crippen molar-refractivity contribution < 1.29 is 19.0 Å². The quantitative estimate of drug-likeness (QED) is 0.494. The first kappa shape index (κ1) is 17.9. The zero-order chi connectivity index (χ0) is 16.3. The van der Waals surface area contributed by atoms with Crippen molar-refractivity contribution in [3.05, 3.63) is 18.2 Å². The van der Waals surface area contributed by atoms with Gasteiger partial charge in [-0.3, -0.25) is 4.79 Å². The van der Waals surface area contributed by atoms with Crippen molar-refractivity contribution in [2.45, 2.75) is 11.3 Å². The van der Waals surface area contributed by atoms with Crippen molar-refractivity contribution in [3.63, 3.8) is 0 Å². The Balaban J connectivity index is 1.58. The Bertz CT molecular complexity index is 499. The number of carbonyl (C=O) groups excluding carboxylic acids is 1. The van der Waals surface area contributed by atoms with Crippen LogP contribution in [0.2, 0.25) is 0 Å². The van der Waals surface area contributed by atoms with E-state index in [0.29, 0.717) is 32.8 Å². The number of carbonyl (C=O) groups is 1. The number of hydrogen-bond donors (Lipinski definition) is 2. The van der Waals surface area contributed by atoms with Crippen molar-refractivity contribution in [2.75, 3.05) is 52.3 Å². The molecule has 0 saturated heterocycles. The molecular weight excluding hydrogens is 316 g/mol. The van der Waals surface area contributed by atoms with Crippen LogP contribution in [-0.2, 0) is 9.53 Å². The van der Waals surface area contributed by atoms with Gasteiger partial charge in [-0.05, 0) is 18.2 Å². The van der Waals surface area contributed by atoms with E-state index in [-0.39, 0.29) is 5.91 Å². The van der Waals surface area contributed by atoms with Crippen LogP contribution in [0, 0.1) is 0 Å². The van der Waals surface area contributed by atoms with Gasteiger partial charge in [0, 0.05) is 43.8 Å². The van der Waals surface area contributed by atoms with Crippen LogP contribution in [0.15, 0.2) is 23.1 Å². The molecule has 1 aliphatic heterocycles. The lowest BCUT2D eigenvalue weighted by molar-refractivity contribution is -0.120. The maximum atomic E-state index is 11.7. The average molecular weight is 340 g/mol. The summed E-state index contributed by atoms with van der Waals surface area (Å²) in [7, 11) is 1.67. The Morgan fingerprint density at radius 1 is 1.22 bits per heavy atom. The molecule has 1 heterocycles. The molecule has 128 valence electrons. The highest BCUT2D eigenvalue weighted by Crippen LogP contribution is 2.34. The van der Waals surface area contributed by atoms with Crippen molar-refractivity contribution in [1.29, 1.82) is 0 Å². The third kappa shape index (κ3) is 6.68. The zero-order valence-electron chi connectivity index (χ0n) is 13.4. The fraction of sp³-hybridized carbons (Fsp3) is 0.562. The van der Waals surface area contributed by atoms with Crippen LogP contribution in [0.25, 0.3) is 0 Å². The lowest BCUT2D eigenvalue weighted by atomic mass is 10.3. The van der Waals surface area contributed by atoms with Crippen molar-refractivity contribution in [3.8, 4) is 11.5 Å². The maximum absolute atomic E-state index is 11.7. The van der Waals surface area contributed by atoms with Crippen LogP contribution in [0.4, 0.5) is 0 Å². The van der Waals surface area contributed by atoms with Gasteiger partial charge in [0.05, 0.1) is 6.61 Å². The van der Waals surface area contributed by atoms with Gasteiger partial charge in [0.25, 0.3) is 0 Å². The molecule has 0 saturated carbocycles. The van der Waals surface area contributed by atoms with Crippen molar-refractivity contribution >= 4 is 17.7 Å². The molecule has 0 bridgehead atoms. The highest BCUT2D eigenvalue weighted by Gasteiger charge is 2.12. The Kier molecular flexibility index (Phi) is 8.06. The fourth-order valence-corrected chi connectivity index (χ4v) is 2.93. The predicted molar refractivity (Wildman–Crippen MR) is 90.5 cm³/mol. The molecular formula is C16H24N2O4S. The molecule has 2 rings (SSSR count). The number of hydrogen-bond acceptors (Lipinski definition) is 6. The van der Waals surface area contributed by atoms with Crippen LogP contribution in [0.5, 0.6) is 11.5 Å². The lowest BCUT2D eigenvalue weighted by Gasteiger charge is -2.18. The minimum Gasteiger partial charge on any atom is -0.486 e. The van der Waals surface area contributed by atoms with Crippen LogP contribution >= 0.6 is 11.8 Å². The zero-order valence-corrected chi connectivity index (χ0v) is 14.2. The molecule has 0 unspecified atom stereocenters. The number of amides is 1. The number of fused-ring (bicyclic) bond motifs is 1. The van der Waals surface area contributed by atoms with Crippen molar-refractivity contribution in [1.82, 2.24) is 10.6 Å². The summed E-state index contributed by atoms with van der Waals surface area (Å²) in [5, 5.41) is 6.08. The molecule has 1 aromatic carbocycles. The summed E-state index contributed by atoms with van der Waals surface area (Å²) in [4.78, 5) is 12.8. The van der Waals surface area contributed by atoms with Crippen LogP contribution in [0.1, 0.15) is 6.42 Å². The highest BCUT2D eigenvalue weighted by atomic mass is 32.2. The summed E-state index contributed by atoms with van der Waals surface area (Å²) < 4.78 is 16.0. The van der Waals surface area contributed by atoms with Gasteiger partial charge in [-0.2, -0.15) is 0 Å². The molecule has 0 aromatic heterocycles. The van der Waals surface area contributed by atoms with Gasteiger partial charge in [-0.1, -0.05) is 0 Å². The minimum atomic E-state index is 0.0728. The van der Waals surface area contributed by atoms with E-state index in [9.17, 15) is 4.79 Å². The van der Waals surface area contributed by atoms with E-state index >= 15 is 0 Å². The third-order valence-corrected chi connectivity index (χ3v) is 4.21. The molecule has 6 nitrogen and oxygen atoms in total. The van der Waals surface area contributed by atoms with Crippen LogP contribution < -0.4 is 20.1 Å². The number of benzene rings is 1. The summed E-state index contributed by atoms with van der Waals surface area (Å²) in [5.74, 6) is 2.39. The van der Waals surface area contributed by atoms with E-state index < -0.39 is 0 Å². The van der Waals surface area contributed by atoms with Gasteiger partial charge >= 0.3 is 0 Å². The molecule has 0 fully saturated rings. The molecule has 2 N–H and O–H groups in total. The second-order valence-corrected chi connectivity index (χ2v) is 6.17. The largest absolute Gasteiger partial charge is 0.486 e. The molecule has 0 spiro atoms. The monoisotopic (exact) mass is 340 g/mol. The van der Waals surface area contributed by atoms with Gasteiger partial charge in [0.2, 0.25) is 5.91 Å². The lowest BCUT2D eigenvalue weighted by Crippen LogP contribution is -2.33. The summed E-state index contributed by atoms with van der Waals surface area (Å²) in [6.45, 7) is 4.05. The van der Waals surface area contributed by atoms with E-state index in [2.05, 4.69) is 10.6 Å². The summed E-state index contributed by atoms with van der Waals surface area (Å²) in [5.41, 5.74) is 0. The first-order chi connectivity index (χ1) is 11.3. The normalized spacial score (nSPS) is 12.9. The molecule has 0 atom stereocenters. The Labute approximate surface area is 141 Å². The maximum Gasteiger partial charge on any atom is 0.220 e. The van der Waals surface area contributed by atoms with E-state index in [1.165, 1.54) is 0 Å². The van der Waals surface area contributed by atoms with Crippen LogP contribution in [-0.4, -0.2) is 58.2 Å². The number of thioether (sulfide) groups is 1. The number of methoxy groups -OCH3 is 1. The van der Waals surface area contributed by atoms with Gasteiger partial charge in [-0.15, -0.1) is 11.8 Å². The fourth-order valence-electron chi connectivity index (χ4n) is 2.05. The predicted octanol–water partition coefficient (Wildman–Crippen LogP) is 1.29. The third-order valence-electron chi connectivity index (χ3n) is 3.22. The van der Waals surface area contributed by atoms with E-state index in [0.717, 1.165) is 35.2 Å². The Morgan fingerprint density at radius 2 is 2.04 bits per heavy atom. The van der Waals surface area contributed by atoms with E-state index in [1.54, 1.807) is 18.9 Å². The number of ether oxygens (including phenoxy) is 3. The molecule has 7 heteroatoms. The molecule has 1 aromatic rings. The van der Waals surface area contributed by atoms with Gasteiger partial charge in [0.15, 0.2) is 11.5 Å². The van der Waals surface area contributed by atoms with E-state index in [1.807, 2.05) is 18.2 Å². The van der Waals surface area contributed by atoms with E-state index in [4.69, 9.17) is 14.2 Å². The summed E-state index contributed by atoms with van der Waals surface area (Å²) >= 11 is 1.64. The first-order valence-electron chi connectivity index (χ1n) is 7.78. The number of nitrogens with one attached hydrogen (secondary N) is 2. The second kappa shape index (κ2) is 10.4. The van der Waals surface area contributed by atoms with Crippen molar-refractivity contribution in [2.24, 2.45) is 0 Å². The minimum absolute atomic E-state index is 0.0728. The Hall–Kier alpha value is -1.44. The van der Waals surface area contributed by atoms with Gasteiger partial charge in [-0.25, -0.2) is 0 Å². The summed E-state index contributed by atoms with van der Waals surface area (Å²) in [6, 6.07) is 5.88. The highest BCUT2D eigenvalue weighted by molar-refractivity contribution is 7.99. The first-order valence-corrected chi connectivity index (χ1v) is 8.77. The SMILES string of the molecule is COCCNCCNC(=O)CCSc1ccc2c(c1)OCCO2. The molecule has 1 aliphatic rings. The van der Waals surface area contributed by atoms with Gasteiger partial charge < -0.3 is 24.8 Å². The van der Waals surface area contributed by atoms with Crippen LogP contribution in [0.3, 0.4) is 0 Å². The summed E-state index contributed by atoms with van der Waals surface area (Å²) in [6.07, 6.45) is 0.497. The second-order valence-electron chi connectivity index (χ2n) is 5.00. The average Bonchev–Trinajstić information content (AvgIpc) is 2.58. The number of rotatable bonds is 10. The standard InChI is InChI=1S/C16H24N2O4S/c1-20-8-7-17-5-6-18-16(19)4-11-23-13-2-3-14-15(12-13)22-10-9-21-14/h2-3,12,17H,4-11H2,1H3,(H,18,19). The molecule has 0 aliphatic carbocycles. The smallest absolute Gasteiger partial charge is 0.220 e. The topological polar surface area (TPSA) is 68.8 Å².